The molecule has 1 aliphatic carbocycles. The number of fused-ring (bicyclic) bond motifs is 1. The lowest BCUT2D eigenvalue weighted by Gasteiger charge is -2.17. The molecule has 0 fully saturated rings. The topological polar surface area (TPSA) is 88.0 Å². The van der Waals surface area contributed by atoms with Crippen molar-refractivity contribution in [2.24, 2.45) is 12.8 Å². The lowest BCUT2D eigenvalue weighted by Crippen LogP contribution is -2.12. The van der Waals surface area contributed by atoms with Crippen LogP contribution in [-0.4, -0.2) is 25.0 Å². The van der Waals surface area contributed by atoms with E-state index in [1.54, 1.807) is 12.7 Å². The molecule has 0 spiro atoms. The van der Waals surface area contributed by atoms with Gasteiger partial charge in [0, 0.05) is 47.9 Å². The number of ether oxygens (including phenoxy) is 1. The molecule has 1 unspecified atom stereocenters. The maximum absolute atomic E-state index is 12.2. The quantitative estimate of drug-likeness (QED) is 0.425. The van der Waals surface area contributed by atoms with Crippen LogP contribution in [0.5, 0.6) is 5.75 Å². The molecule has 5 rings (SSSR count). The van der Waals surface area contributed by atoms with Crippen molar-refractivity contribution in [2.75, 3.05) is 0 Å². The van der Waals surface area contributed by atoms with E-state index in [0.29, 0.717) is 15.6 Å². The highest BCUT2D eigenvalue weighted by Gasteiger charge is 2.25. The van der Waals surface area contributed by atoms with Crippen LogP contribution in [0.3, 0.4) is 0 Å². The van der Waals surface area contributed by atoms with Crippen molar-refractivity contribution in [3.63, 3.8) is 0 Å². The number of halogens is 1. The number of rotatable bonds is 6. The predicted molar refractivity (Wildman–Crippen MR) is 129 cm³/mol. The van der Waals surface area contributed by atoms with Crippen molar-refractivity contribution in [3.05, 3.63) is 87.8 Å². The van der Waals surface area contributed by atoms with Crippen molar-refractivity contribution in [3.8, 4) is 10.8 Å². The van der Waals surface area contributed by atoms with E-state index in [0.717, 1.165) is 34.1 Å². The Labute approximate surface area is 200 Å². The summed E-state index contributed by atoms with van der Waals surface area (Å²) in [6.45, 7) is 1.89. The lowest BCUT2D eigenvalue weighted by atomic mass is 9.93. The molecule has 1 aromatic carbocycles. The maximum Gasteiger partial charge on any atom is 0.262 e. The average Bonchev–Trinajstić information content (AvgIpc) is 3.51. The van der Waals surface area contributed by atoms with Gasteiger partial charge in [0.2, 0.25) is 0 Å². The predicted octanol–water partition coefficient (Wildman–Crippen LogP) is 4.91. The number of nitrogens with zero attached hydrogens (tertiary/aromatic N) is 4. The molecule has 7 nitrogen and oxygen atoms in total. The Balaban J connectivity index is 1.45. The Kier molecular flexibility index (Phi) is 5.55. The Hall–Kier alpha value is -3.36. The molecule has 33 heavy (non-hydrogen) atoms. The molecule has 1 amide bonds. The van der Waals surface area contributed by atoms with Gasteiger partial charge in [-0.2, -0.15) is 0 Å². The summed E-state index contributed by atoms with van der Waals surface area (Å²) in [5, 5.41) is 1.42. The Morgan fingerprint density at radius 3 is 2.88 bits per heavy atom. The van der Waals surface area contributed by atoms with Gasteiger partial charge in [0.15, 0.2) is 0 Å². The number of amides is 1. The monoisotopic (exact) mass is 479 g/mol. The molecule has 0 bridgehead atoms. The van der Waals surface area contributed by atoms with Crippen LogP contribution in [0.25, 0.3) is 11.1 Å². The summed E-state index contributed by atoms with van der Waals surface area (Å²) < 4.78 is 10.1. The standard InChI is InChI=1S/C24H22ClN5O2S/c1-14(16-5-3-4-6-17(16)25)32-21-10-22(33-23(21)24(26)31)30-13-28-18-9-15(7-8-19(18)30)20-11-27-12-29(20)2/h3-8,10-15H,9H2,1-2H3,(H2,26,31)/t14-,15?/m1/s1. The highest BCUT2D eigenvalue weighted by Crippen LogP contribution is 2.38. The molecule has 1 aliphatic rings. The molecule has 0 saturated heterocycles. The normalized spacial score (nSPS) is 15.9. The number of aryl methyl sites for hydroxylation is 1. The summed E-state index contributed by atoms with van der Waals surface area (Å²) in [5.41, 5.74) is 9.62. The third-order valence-corrected chi connectivity index (χ3v) is 7.29. The first-order valence-corrected chi connectivity index (χ1v) is 11.7. The molecule has 0 saturated carbocycles. The minimum atomic E-state index is -0.534. The number of hydrogen-bond acceptors (Lipinski definition) is 5. The molecule has 0 radical (unpaired) electrons. The second kappa shape index (κ2) is 8.53. The minimum absolute atomic E-state index is 0.216. The lowest BCUT2D eigenvalue weighted by molar-refractivity contribution is 0.0998. The molecule has 2 N–H and O–H groups in total. The molecule has 9 heteroatoms. The number of carbonyl (C=O) groups is 1. The zero-order valence-corrected chi connectivity index (χ0v) is 19.7. The number of aromatic nitrogens is 4. The van der Waals surface area contributed by atoms with Gasteiger partial charge in [-0.15, -0.1) is 11.3 Å². The molecule has 3 aromatic heterocycles. The zero-order chi connectivity index (χ0) is 23.1. The van der Waals surface area contributed by atoms with Crippen LogP contribution in [0, 0.1) is 0 Å². The smallest absolute Gasteiger partial charge is 0.262 e. The first kappa shape index (κ1) is 21.5. The van der Waals surface area contributed by atoms with Crippen LogP contribution in [0.1, 0.15) is 51.3 Å². The molecular weight excluding hydrogens is 458 g/mol. The van der Waals surface area contributed by atoms with Crippen molar-refractivity contribution in [1.82, 2.24) is 19.1 Å². The third kappa shape index (κ3) is 3.96. The number of nitrogens with two attached hydrogens (primary N) is 1. The molecular formula is C24H22ClN5O2S. The number of thiophene rings is 1. The summed E-state index contributed by atoms with van der Waals surface area (Å²) in [6.07, 6.45) is 10.1. The van der Waals surface area contributed by atoms with Gasteiger partial charge in [-0.25, -0.2) is 9.97 Å². The molecule has 2 atom stereocenters. The maximum atomic E-state index is 12.2. The number of hydrogen-bond donors (Lipinski definition) is 1. The van der Waals surface area contributed by atoms with Crippen molar-refractivity contribution < 1.29 is 9.53 Å². The summed E-state index contributed by atoms with van der Waals surface area (Å²) in [7, 11) is 1.99. The number of primary amides is 1. The van der Waals surface area contributed by atoms with Crippen molar-refractivity contribution >= 4 is 34.9 Å². The minimum Gasteiger partial charge on any atom is -0.484 e. The molecule has 168 valence electrons. The van der Waals surface area contributed by atoms with E-state index in [9.17, 15) is 4.79 Å². The summed E-state index contributed by atoms with van der Waals surface area (Å²) in [5.74, 6) is 0.117. The van der Waals surface area contributed by atoms with Crippen molar-refractivity contribution in [1.29, 1.82) is 0 Å². The van der Waals surface area contributed by atoms with Gasteiger partial charge in [0.05, 0.1) is 17.7 Å². The van der Waals surface area contributed by atoms with Crippen LogP contribution in [-0.2, 0) is 13.5 Å². The van der Waals surface area contributed by atoms with E-state index in [4.69, 9.17) is 22.1 Å². The Morgan fingerprint density at radius 1 is 1.33 bits per heavy atom. The fourth-order valence-corrected chi connectivity index (χ4v) is 5.33. The summed E-state index contributed by atoms with van der Waals surface area (Å²) in [4.78, 5) is 21.4. The van der Waals surface area contributed by atoms with E-state index in [2.05, 4.69) is 22.1 Å². The Bertz CT molecular complexity index is 1370. The number of benzene rings is 1. The van der Waals surface area contributed by atoms with E-state index < -0.39 is 5.91 Å². The van der Waals surface area contributed by atoms with Crippen LogP contribution < -0.4 is 10.5 Å². The SMILES string of the molecule is C[C@@H](Oc1cc(-n2cnc3c2C=CC(c2cncn2C)C3)sc1C(N)=O)c1ccccc1Cl. The van der Waals surface area contributed by atoms with Gasteiger partial charge in [0.1, 0.15) is 28.1 Å². The number of allylic oxidation sites excluding steroid dienone is 1. The van der Waals surface area contributed by atoms with Gasteiger partial charge < -0.3 is 15.0 Å². The first-order valence-electron chi connectivity index (χ1n) is 10.5. The van der Waals surface area contributed by atoms with Crippen molar-refractivity contribution in [2.45, 2.75) is 25.4 Å². The molecule has 3 heterocycles. The highest BCUT2D eigenvalue weighted by molar-refractivity contribution is 7.16. The van der Waals surface area contributed by atoms with Crippen LogP contribution >= 0.6 is 22.9 Å². The van der Waals surface area contributed by atoms with Crippen LogP contribution in [0.2, 0.25) is 5.02 Å². The largest absolute Gasteiger partial charge is 0.484 e. The number of imidazole rings is 2. The summed E-state index contributed by atoms with van der Waals surface area (Å²) in [6, 6.07) is 9.32. The van der Waals surface area contributed by atoms with Crippen LogP contribution in [0.15, 0.2) is 55.3 Å². The average molecular weight is 480 g/mol. The first-order chi connectivity index (χ1) is 15.9. The van der Waals surface area contributed by atoms with Gasteiger partial charge in [-0.3, -0.25) is 9.36 Å². The number of carbonyl (C=O) groups excluding carboxylic acids is 1. The highest BCUT2D eigenvalue weighted by atomic mass is 35.5. The van der Waals surface area contributed by atoms with E-state index in [-0.39, 0.29) is 12.0 Å². The fraction of sp³-hybridized carbons (Fsp3) is 0.208. The van der Waals surface area contributed by atoms with Gasteiger partial charge in [0.25, 0.3) is 5.91 Å². The molecule has 0 aliphatic heterocycles. The van der Waals surface area contributed by atoms with Gasteiger partial charge in [-0.1, -0.05) is 35.9 Å². The zero-order valence-electron chi connectivity index (χ0n) is 18.1. The second-order valence-corrected chi connectivity index (χ2v) is 9.41. The second-order valence-electron chi connectivity index (χ2n) is 7.97. The fourth-order valence-electron chi connectivity index (χ4n) is 4.11. The molecule has 4 aromatic rings. The van der Waals surface area contributed by atoms with E-state index in [1.807, 2.05) is 59.6 Å². The van der Waals surface area contributed by atoms with E-state index >= 15 is 0 Å². The Morgan fingerprint density at radius 2 is 2.15 bits per heavy atom. The van der Waals surface area contributed by atoms with E-state index in [1.165, 1.54) is 11.3 Å². The van der Waals surface area contributed by atoms with Gasteiger partial charge >= 0.3 is 0 Å². The summed E-state index contributed by atoms with van der Waals surface area (Å²) >= 11 is 7.60. The van der Waals surface area contributed by atoms with Crippen LogP contribution in [0.4, 0.5) is 0 Å². The third-order valence-electron chi connectivity index (χ3n) is 5.81. The van der Waals surface area contributed by atoms with Gasteiger partial charge in [-0.05, 0) is 19.1 Å².